The first-order chi connectivity index (χ1) is 17.0. The van der Waals surface area contributed by atoms with E-state index in [0.29, 0.717) is 10.8 Å². The van der Waals surface area contributed by atoms with Crippen molar-refractivity contribution in [1.82, 2.24) is 9.97 Å². The number of rotatable bonds is 3. The molecule has 0 unspecified atom stereocenters. The standard InChI is InChI=1S/C31H23ClN2O/c1-31(2)24-15-13-22(17-28(24)35-29-18-23(32)14-16-25(29)31)30-33-26(20-9-5-3-6-10-20)19-27(34-30)21-11-7-4-8-12-21/h3-19H,1-2H3. The van der Waals surface area contributed by atoms with Crippen LogP contribution in [-0.4, -0.2) is 9.97 Å². The first kappa shape index (κ1) is 21.6. The lowest BCUT2D eigenvalue weighted by molar-refractivity contribution is 0.418. The highest BCUT2D eigenvalue weighted by Gasteiger charge is 2.34. The van der Waals surface area contributed by atoms with Gasteiger partial charge >= 0.3 is 0 Å². The van der Waals surface area contributed by atoms with Crippen LogP contribution in [0.2, 0.25) is 5.02 Å². The molecule has 0 amide bonds. The number of ether oxygens (including phenoxy) is 1. The number of halogens is 1. The molecule has 1 aliphatic rings. The Bertz CT molecular complexity index is 1490. The van der Waals surface area contributed by atoms with Crippen LogP contribution in [0.1, 0.15) is 25.0 Å². The van der Waals surface area contributed by atoms with Crippen LogP contribution in [0.5, 0.6) is 11.5 Å². The van der Waals surface area contributed by atoms with Crippen LogP contribution in [0.3, 0.4) is 0 Å². The lowest BCUT2D eigenvalue weighted by atomic mass is 9.75. The zero-order valence-electron chi connectivity index (χ0n) is 19.5. The fourth-order valence-corrected chi connectivity index (χ4v) is 4.87. The lowest BCUT2D eigenvalue weighted by Crippen LogP contribution is -2.24. The normalized spacial score (nSPS) is 13.5. The number of benzene rings is 4. The Kier molecular flexibility index (Phi) is 5.16. The van der Waals surface area contributed by atoms with Crippen molar-refractivity contribution in [1.29, 1.82) is 0 Å². The maximum absolute atomic E-state index is 6.35. The first-order valence-corrected chi connectivity index (χ1v) is 12.0. The summed E-state index contributed by atoms with van der Waals surface area (Å²) in [7, 11) is 0. The van der Waals surface area contributed by atoms with Gasteiger partial charge in [0, 0.05) is 38.3 Å². The Balaban J connectivity index is 1.50. The van der Waals surface area contributed by atoms with E-state index < -0.39 is 0 Å². The Labute approximate surface area is 210 Å². The first-order valence-electron chi connectivity index (χ1n) is 11.6. The fourth-order valence-electron chi connectivity index (χ4n) is 4.71. The zero-order valence-corrected chi connectivity index (χ0v) is 20.3. The van der Waals surface area contributed by atoms with Gasteiger partial charge in [0.05, 0.1) is 11.4 Å². The molecule has 0 fully saturated rings. The third kappa shape index (κ3) is 3.88. The molecule has 0 spiro atoms. The molecular weight excluding hydrogens is 452 g/mol. The second-order valence-electron chi connectivity index (χ2n) is 9.27. The number of hydrogen-bond donors (Lipinski definition) is 0. The molecule has 35 heavy (non-hydrogen) atoms. The summed E-state index contributed by atoms with van der Waals surface area (Å²) in [6.45, 7) is 4.42. The summed E-state index contributed by atoms with van der Waals surface area (Å²) in [5.74, 6) is 2.25. The van der Waals surface area contributed by atoms with Gasteiger partial charge in [0.1, 0.15) is 11.5 Å². The number of nitrogens with zero attached hydrogens (tertiary/aromatic N) is 2. The van der Waals surface area contributed by atoms with Crippen molar-refractivity contribution in [2.45, 2.75) is 19.3 Å². The third-order valence-corrected chi connectivity index (χ3v) is 6.85. The van der Waals surface area contributed by atoms with Crippen LogP contribution in [0.4, 0.5) is 0 Å². The van der Waals surface area contributed by atoms with Gasteiger partial charge in [-0.1, -0.05) is 104 Å². The van der Waals surface area contributed by atoms with E-state index in [4.69, 9.17) is 26.3 Å². The van der Waals surface area contributed by atoms with Crippen LogP contribution in [0.25, 0.3) is 33.9 Å². The molecule has 4 heteroatoms. The van der Waals surface area contributed by atoms with Gasteiger partial charge in [-0.3, -0.25) is 0 Å². The SMILES string of the molecule is CC1(C)c2ccc(Cl)cc2Oc2cc(-c3nc(-c4ccccc4)cc(-c4ccccc4)n3)ccc21. The van der Waals surface area contributed by atoms with Crippen LogP contribution in [-0.2, 0) is 5.41 Å². The predicted octanol–water partition coefficient (Wildman–Crippen LogP) is 8.56. The molecule has 170 valence electrons. The van der Waals surface area contributed by atoms with E-state index in [1.165, 1.54) is 0 Å². The molecule has 1 aromatic heterocycles. The molecular formula is C31H23ClN2O. The fraction of sp³-hybridized carbons (Fsp3) is 0.0968. The van der Waals surface area contributed by atoms with Crippen molar-refractivity contribution >= 4 is 11.6 Å². The van der Waals surface area contributed by atoms with Gasteiger partial charge < -0.3 is 4.74 Å². The van der Waals surface area contributed by atoms with E-state index in [2.05, 4.69) is 50.2 Å². The van der Waals surface area contributed by atoms with Gasteiger partial charge in [0.2, 0.25) is 0 Å². The Hall–Kier alpha value is -3.95. The number of fused-ring (bicyclic) bond motifs is 2. The highest BCUT2D eigenvalue weighted by Crippen LogP contribution is 2.49. The number of hydrogen-bond acceptors (Lipinski definition) is 3. The Morgan fingerprint density at radius 3 is 1.74 bits per heavy atom. The monoisotopic (exact) mass is 474 g/mol. The van der Waals surface area contributed by atoms with Gasteiger partial charge in [0.15, 0.2) is 5.82 Å². The second-order valence-corrected chi connectivity index (χ2v) is 9.71. The zero-order chi connectivity index (χ0) is 24.0. The maximum Gasteiger partial charge on any atom is 0.160 e. The molecule has 5 aromatic rings. The van der Waals surface area contributed by atoms with E-state index in [1.54, 1.807) is 0 Å². The molecule has 0 saturated carbocycles. The van der Waals surface area contributed by atoms with Crippen molar-refractivity contribution in [2.75, 3.05) is 0 Å². The van der Waals surface area contributed by atoms with Gasteiger partial charge in [-0.15, -0.1) is 0 Å². The van der Waals surface area contributed by atoms with Crippen molar-refractivity contribution < 1.29 is 4.74 Å². The molecule has 2 heterocycles. The molecule has 0 bridgehead atoms. The third-order valence-electron chi connectivity index (χ3n) is 6.62. The van der Waals surface area contributed by atoms with Gasteiger partial charge in [-0.25, -0.2) is 9.97 Å². The molecule has 1 aliphatic heterocycles. The molecule has 0 aliphatic carbocycles. The summed E-state index contributed by atoms with van der Waals surface area (Å²) in [4.78, 5) is 9.91. The second kappa shape index (κ2) is 8.37. The maximum atomic E-state index is 6.35. The lowest BCUT2D eigenvalue weighted by Gasteiger charge is -2.34. The van der Waals surface area contributed by atoms with Crippen molar-refractivity contribution in [3.8, 4) is 45.4 Å². The van der Waals surface area contributed by atoms with E-state index in [1.807, 2.05) is 66.7 Å². The van der Waals surface area contributed by atoms with Crippen molar-refractivity contribution in [2.24, 2.45) is 0 Å². The van der Waals surface area contributed by atoms with Crippen LogP contribution >= 0.6 is 11.6 Å². The van der Waals surface area contributed by atoms with Crippen LogP contribution in [0, 0.1) is 0 Å². The van der Waals surface area contributed by atoms with Crippen LogP contribution in [0.15, 0.2) is 103 Å². The Morgan fingerprint density at radius 1 is 0.600 bits per heavy atom. The summed E-state index contributed by atoms with van der Waals surface area (Å²) < 4.78 is 6.35. The summed E-state index contributed by atoms with van der Waals surface area (Å²) >= 11 is 6.28. The Morgan fingerprint density at radius 2 is 1.14 bits per heavy atom. The minimum atomic E-state index is -0.214. The average Bonchev–Trinajstić information content (AvgIpc) is 2.89. The van der Waals surface area contributed by atoms with E-state index >= 15 is 0 Å². The number of aromatic nitrogens is 2. The van der Waals surface area contributed by atoms with Gasteiger partial charge in [0.25, 0.3) is 0 Å². The van der Waals surface area contributed by atoms with Crippen LogP contribution < -0.4 is 4.74 Å². The molecule has 0 N–H and O–H groups in total. The highest BCUT2D eigenvalue weighted by molar-refractivity contribution is 6.30. The minimum absolute atomic E-state index is 0.214. The molecule has 0 radical (unpaired) electrons. The molecule has 0 atom stereocenters. The van der Waals surface area contributed by atoms with Gasteiger partial charge in [-0.2, -0.15) is 0 Å². The minimum Gasteiger partial charge on any atom is -0.457 e. The highest BCUT2D eigenvalue weighted by atomic mass is 35.5. The average molecular weight is 475 g/mol. The van der Waals surface area contributed by atoms with Crippen molar-refractivity contribution in [3.63, 3.8) is 0 Å². The summed E-state index contributed by atoms with van der Waals surface area (Å²) in [6.07, 6.45) is 0. The van der Waals surface area contributed by atoms with E-state index in [9.17, 15) is 0 Å². The summed E-state index contributed by atoms with van der Waals surface area (Å²) in [5, 5.41) is 0.658. The topological polar surface area (TPSA) is 35.0 Å². The molecule has 4 aromatic carbocycles. The molecule has 6 rings (SSSR count). The summed E-state index contributed by atoms with van der Waals surface area (Å²) in [6, 6.07) is 34.5. The smallest absolute Gasteiger partial charge is 0.160 e. The largest absolute Gasteiger partial charge is 0.457 e. The summed E-state index contributed by atoms with van der Waals surface area (Å²) in [5.41, 5.74) is 6.79. The predicted molar refractivity (Wildman–Crippen MR) is 142 cm³/mol. The van der Waals surface area contributed by atoms with E-state index in [0.717, 1.165) is 50.7 Å². The van der Waals surface area contributed by atoms with Gasteiger partial charge in [-0.05, 0) is 24.3 Å². The molecule has 3 nitrogen and oxygen atoms in total. The van der Waals surface area contributed by atoms with E-state index in [-0.39, 0.29) is 5.41 Å². The quantitative estimate of drug-likeness (QED) is 0.262. The molecule has 0 saturated heterocycles. The van der Waals surface area contributed by atoms with Crippen molar-refractivity contribution in [3.05, 3.63) is 119 Å².